The van der Waals surface area contributed by atoms with Gasteiger partial charge >= 0.3 is 5.69 Å². The zero-order chi connectivity index (χ0) is 20.3. The van der Waals surface area contributed by atoms with Gasteiger partial charge in [-0.05, 0) is 42.0 Å². The highest BCUT2D eigenvalue weighted by Gasteiger charge is 2.20. The van der Waals surface area contributed by atoms with Crippen molar-refractivity contribution < 1.29 is 19.2 Å². The lowest BCUT2D eigenvalue weighted by atomic mass is 10.1. The highest BCUT2D eigenvalue weighted by molar-refractivity contribution is 7.11. The first-order chi connectivity index (χ1) is 13.4. The van der Waals surface area contributed by atoms with E-state index < -0.39 is 16.4 Å². The van der Waals surface area contributed by atoms with Crippen molar-refractivity contribution in [3.8, 4) is 28.8 Å². The number of benzene rings is 2. The fraction of sp³-hybridized carbons (Fsp3) is 0.0526. The third-order valence-corrected chi connectivity index (χ3v) is 4.68. The Bertz CT molecular complexity index is 1120. The van der Waals surface area contributed by atoms with Gasteiger partial charge in [-0.3, -0.25) is 10.1 Å². The molecule has 28 heavy (non-hydrogen) atoms. The molecule has 7 nitrogen and oxygen atoms in total. The van der Waals surface area contributed by atoms with Crippen LogP contribution in [0.4, 0.5) is 10.1 Å². The van der Waals surface area contributed by atoms with Crippen LogP contribution in [0.3, 0.4) is 0 Å². The molecule has 0 aliphatic rings. The second-order valence-electron chi connectivity index (χ2n) is 5.56. The second-order valence-corrected chi connectivity index (χ2v) is 6.42. The Hall–Kier alpha value is -3.77. The van der Waals surface area contributed by atoms with E-state index in [1.807, 2.05) is 6.07 Å². The van der Waals surface area contributed by atoms with Crippen molar-refractivity contribution in [1.82, 2.24) is 4.98 Å². The Balaban J connectivity index is 2.02. The quantitative estimate of drug-likeness (QED) is 0.382. The summed E-state index contributed by atoms with van der Waals surface area (Å²) in [5, 5.41) is 32.6. The van der Waals surface area contributed by atoms with Gasteiger partial charge in [0.05, 0.1) is 23.3 Å². The van der Waals surface area contributed by atoms with Gasteiger partial charge in [-0.15, -0.1) is 11.3 Å². The second kappa shape index (κ2) is 7.85. The molecule has 0 spiro atoms. The van der Waals surface area contributed by atoms with Crippen LogP contribution in [0.25, 0.3) is 22.9 Å². The summed E-state index contributed by atoms with van der Waals surface area (Å²) in [6, 6.07) is 10.3. The number of nitriles is 1. The number of aromatic hydroxyl groups is 1. The predicted octanol–water partition coefficient (Wildman–Crippen LogP) is 4.64. The van der Waals surface area contributed by atoms with Crippen LogP contribution in [0.2, 0.25) is 0 Å². The summed E-state index contributed by atoms with van der Waals surface area (Å²) in [5.41, 5.74) is 1.23. The van der Waals surface area contributed by atoms with Gasteiger partial charge in [0.25, 0.3) is 0 Å². The Kier molecular flexibility index (Phi) is 5.33. The number of methoxy groups -OCH3 is 1. The third kappa shape index (κ3) is 3.82. The van der Waals surface area contributed by atoms with Gasteiger partial charge < -0.3 is 9.84 Å². The number of hydrogen-bond acceptors (Lipinski definition) is 7. The minimum Gasteiger partial charge on any atom is -0.500 e. The maximum atomic E-state index is 13.1. The molecule has 0 saturated carbocycles. The fourth-order valence-electron chi connectivity index (χ4n) is 2.45. The van der Waals surface area contributed by atoms with Crippen LogP contribution in [0.1, 0.15) is 10.6 Å². The van der Waals surface area contributed by atoms with Crippen molar-refractivity contribution in [3.05, 3.63) is 68.3 Å². The molecule has 0 radical (unpaired) electrons. The topological polar surface area (TPSA) is 109 Å². The fourth-order valence-corrected chi connectivity index (χ4v) is 3.25. The van der Waals surface area contributed by atoms with Crippen molar-refractivity contribution in [2.45, 2.75) is 0 Å². The molecule has 3 aromatic rings. The van der Waals surface area contributed by atoms with Crippen molar-refractivity contribution in [2.24, 2.45) is 0 Å². The molecule has 0 aliphatic carbocycles. The summed E-state index contributed by atoms with van der Waals surface area (Å²) in [7, 11) is 1.27. The van der Waals surface area contributed by atoms with Crippen molar-refractivity contribution >= 4 is 28.7 Å². The standard InChI is InChI=1S/C19H12FN3O4S/c1-27-17-8-11(7-16(18(17)24)23(25)26)6-13(9-21)19-22-15(10-28-19)12-2-4-14(20)5-3-12/h2-8,10,24H,1H3/b13-6+. The number of halogens is 1. The van der Waals surface area contributed by atoms with Crippen LogP contribution < -0.4 is 4.74 Å². The molecule has 0 bridgehead atoms. The van der Waals surface area contributed by atoms with Gasteiger partial charge in [-0.2, -0.15) is 5.26 Å². The van der Waals surface area contributed by atoms with E-state index in [-0.39, 0.29) is 17.1 Å². The molecule has 1 aromatic heterocycles. The molecule has 140 valence electrons. The maximum Gasteiger partial charge on any atom is 0.315 e. The number of rotatable bonds is 5. The number of nitrogens with zero attached hydrogens (tertiary/aromatic N) is 3. The smallest absolute Gasteiger partial charge is 0.315 e. The average molecular weight is 397 g/mol. The van der Waals surface area contributed by atoms with E-state index in [0.717, 1.165) is 6.07 Å². The molecule has 3 rings (SSSR count). The van der Waals surface area contributed by atoms with Crippen LogP contribution >= 0.6 is 11.3 Å². The summed E-state index contributed by atoms with van der Waals surface area (Å²) < 4.78 is 18.0. The zero-order valence-electron chi connectivity index (χ0n) is 14.4. The van der Waals surface area contributed by atoms with Crippen LogP contribution in [0, 0.1) is 27.3 Å². The molecule has 1 N–H and O–H groups in total. The van der Waals surface area contributed by atoms with Crippen LogP contribution in [-0.4, -0.2) is 22.1 Å². The number of aromatic nitrogens is 1. The van der Waals surface area contributed by atoms with Gasteiger partial charge in [0, 0.05) is 17.0 Å². The lowest BCUT2D eigenvalue weighted by Gasteiger charge is -2.05. The highest BCUT2D eigenvalue weighted by Crippen LogP contribution is 2.38. The first kappa shape index (κ1) is 19.0. The third-order valence-electron chi connectivity index (χ3n) is 3.80. The number of ether oxygens (including phenoxy) is 1. The first-order valence-corrected chi connectivity index (χ1v) is 8.70. The van der Waals surface area contributed by atoms with E-state index >= 15 is 0 Å². The Labute approximate surface area is 162 Å². The number of phenols is 1. The highest BCUT2D eigenvalue weighted by atomic mass is 32.1. The lowest BCUT2D eigenvalue weighted by molar-refractivity contribution is -0.386. The Morgan fingerprint density at radius 3 is 2.71 bits per heavy atom. The van der Waals surface area contributed by atoms with E-state index in [4.69, 9.17) is 4.74 Å². The molecule has 9 heteroatoms. The van der Waals surface area contributed by atoms with Gasteiger partial charge in [0.1, 0.15) is 16.9 Å². The van der Waals surface area contributed by atoms with Crippen molar-refractivity contribution in [1.29, 1.82) is 5.26 Å². The maximum absolute atomic E-state index is 13.1. The van der Waals surface area contributed by atoms with Crippen LogP contribution in [0.5, 0.6) is 11.5 Å². The molecule has 2 aromatic carbocycles. The number of nitro benzene ring substituents is 1. The Morgan fingerprint density at radius 1 is 1.39 bits per heavy atom. The van der Waals surface area contributed by atoms with Crippen LogP contribution in [0.15, 0.2) is 41.8 Å². The van der Waals surface area contributed by atoms with Crippen molar-refractivity contribution in [2.75, 3.05) is 7.11 Å². The van der Waals surface area contributed by atoms with E-state index in [0.29, 0.717) is 21.8 Å². The number of thiazole rings is 1. The SMILES string of the molecule is COc1cc(/C=C(\C#N)c2nc(-c3ccc(F)cc3)cs2)cc([N+](=O)[O-])c1O. The summed E-state index contributed by atoms with van der Waals surface area (Å²) >= 11 is 1.21. The molecule has 0 atom stereocenters. The summed E-state index contributed by atoms with van der Waals surface area (Å²) in [4.78, 5) is 14.8. The van der Waals surface area contributed by atoms with Gasteiger partial charge in [-0.1, -0.05) is 0 Å². The number of nitro groups is 1. The van der Waals surface area contributed by atoms with E-state index in [1.165, 1.54) is 42.7 Å². The lowest BCUT2D eigenvalue weighted by Crippen LogP contribution is -1.93. The van der Waals surface area contributed by atoms with E-state index in [1.54, 1.807) is 17.5 Å². The zero-order valence-corrected chi connectivity index (χ0v) is 15.2. The minimum absolute atomic E-state index is 0.0797. The number of hydrogen-bond donors (Lipinski definition) is 1. The minimum atomic E-state index is -0.739. The monoisotopic (exact) mass is 397 g/mol. The molecule has 0 amide bonds. The normalized spacial score (nSPS) is 11.1. The summed E-state index contributed by atoms with van der Waals surface area (Å²) in [5.74, 6) is -1.03. The molecule has 0 saturated heterocycles. The van der Waals surface area contributed by atoms with Crippen LogP contribution in [-0.2, 0) is 0 Å². The molecule has 0 unspecified atom stereocenters. The number of phenolic OH excluding ortho intramolecular Hbond substituents is 1. The largest absolute Gasteiger partial charge is 0.500 e. The molecule has 0 aliphatic heterocycles. The molecule has 1 heterocycles. The van der Waals surface area contributed by atoms with E-state index in [2.05, 4.69) is 4.98 Å². The summed E-state index contributed by atoms with van der Waals surface area (Å²) in [6.07, 6.45) is 1.42. The van der Waals surface area contributed by atoms with Gasteiger partial charge in [0.2, 0.25) is 5.75 Å². The summed E-state index contributed by atoms with van der Waals surface area (Å²) in [6.45, 7) is 0. The molecular formula is C19H12FN3O4S. The number of allylic oxidation sites excluding steroid dienone is 1. The van der Waals surface area contributed by atoms with Gasteiger partial charge in [-0.25, -0.2) is 9.37 Å². The Morgan fingerprint density at radius 2 is 2.11 bits per heavy atom. The van der Waals surface area contributed by atoms with E-state index in [9.17, 15) is 24.9 Å². The molecule has 0 fully saturated rings. The van der Waals surface area contributed by atoms with Crippen molar-refractivity contribution in [3.63, 3.8) is 0 Å². The predicted molar refractivity (Wildman–Crippen MR) is 102 cm³/mol. The van der Waals surface area contributed by atoms with Gasteiger partial charge in [0.15, 0.2) is 5.75 Å². The average Bonchev–Trinajstić information content (AvgIpc) is 3.17. The molecular weight excluding hydrogens is 385 g/mol. The first-order valence-electron chi connectivity index (χ1n) is 7.82.